The number of carbonyl (C=O) groups is 3. The van der Waals surface area contributed by atoms with Crippen LogP contribution < -0.4 is 11.1 Å². The Hall–Kier alpha value is -4.27. The number of nitrogen functional groups attached to an aromatic ring is 1. The number of esters is 1. The van der Waals surface area contributed by atoms with E-state index >= 15 is 0 Å². The maximum absolute atomic E-state index is 13.7. The summed E-state index contributed by atoms with van der Waals surface area (Å²) in [5.41, 5.74) is 8.37. The lowest BCUT2D eigenvalue weighted by Gasteiger charge is -2.50. The molecule has 2 aromatic carbocycles. The number of anilines is 1. The Morgan fingerprint density at radius 1 is 1.13 bits per heavy atom. The van der Waals surface area contributed by atoms with Crippen LogP contribution in [0.1, 0.15) is 57.0 Å². The molecule has 0 bridgehead atoms. The van der Waals surface area contributed by atoms with E-state index in [1.165, 1.54) is 17.1 Å². The second-order valence-electron chi connectivity index (χ2n) is 11.6. The summed E-state index contributed by atoms with van der Waals surface area (Å²) < 4.78 is 11.7. The van der Waals surface area contributed by atoms with Crippen molar-refractivity contribution in [2.24, 2.45) is 5.16 Å². The van der Waals surface area contributed by atoms with Gasteiger partial charge in [0.05, 0.1) is 5.70 Å². The number of ether oxygens (including phenoxy) is 2. The van der Waals surface area contributed by atoms with Crippen LogP contribution in [0, 0.1) is 0 Å². The average molecular weight is 694 g/mol. The highest BCUT2D eigenvalue weighted by molar-refractivity contribution is 8.00. The van der Waals surface area contributed by atoms with Gasteiger partial charge in [-0.1, -0.05) is 72.7 Å². The maximum Gasteiger partial charge on any atom is 0.347 e. The van der Waals surface area contributed by atoms with Gasteiger partial charge in [-0.3, -0.25) is 14.5 Å². The third-order valence-corrected chi connectivity index (χ3v) is 9.42. The number of thioether (sulfide) groups is 1. The minimum atomic E-state index is -0.880. The van der Waals surface area contributed by atoms with E-state index in [0.29, 0.717) is 17.9 Å². The number of rotatable bonds is 11. The molecule has 1 unspecified atom stereocenters. The summed E-state index contributed by atoms with van der Waals surface area (Å²) in [4.78, 5) is 50.3. The highest BCUT2D eigenvalue weighted by atomic mass is 32.2. The summed E-state index contributed by atoms with van der Waals surface area (Å²) in [6, 6.07) is 18.6. The summed E-state index contributed by atoms with van der Waals surface area (Å²) in [6.07, 6.45) is 0.179. The number of fused-ring (bicyclic) bond motifs is 1. The second kappa shape index (κ2) is 14.7. The van der Waals surface area contributed by atoms with Crippen molar-refractivity contribution in [3.05, 3.63) is 94.1 Å². The molecule has 1 fully saturated rings. The second-order valence-corrected chi connectivity index (χ2v) is 14.0. The van der Waals surface area contributed by atoms with Gasteiger partial charge in [-0.25, -0.2) is 9.78 Å². The number of amides is 2. The molecule has 2 aliphatic rings. The lowest BCUT2D eigenvalue weighted by molar-refractivity contribution is -0.160. The van der Waals surface area contributed by atoms with Crippen molar-refractivity contribution in [2.75, 3.05) is 18.1 Å². The van der Waals surface area contributed by atoms with E-state index in [2.05, 4.69) is 15.5 Å². The smallest absolute Gasteiger partial charge is 0.347 e. The van der Waals surface area contributed by atoms with Gasteiger partial charge in [0.25, 0.3) is 11.8 Å². The molecule has 1 saturated heterocycles. The van der Waals surface area contributed by atoms with E-state index in [-0.39, 0.29) is 27.5 Å². The van der Waals surface area contributed by atoms with Crippen LogP contribution in [0.4, 0.5) is 5.13 Å². The summed E-state index contributed by atoms with van der Waals surface area (Å²) in [5, 5.41) is 8.18. The highest BCUT2D eigenvalue weighted by Gasteiger charge is 2.54. The first-order chi connectivity index (χ1) is 22.5. The van der Waals surface area contributed by atoms with Crippen molar-refractivity contribution in [1.82, 2.24) is 15.2 Å². The first kappa shape index (κ1) is 34.1. The number of benzene rings is 2. The van der Waals surface area contributed by atoms with Crippen molar-refractivity contribution in [3.8, 4) is 0 Å². The molecule has 5 rings (SSSR count). The number of thiocarbonyl (C=S) groups is 1. The van der Waals surface area contributed by atoms with Crippen molar-refractivity contribution in [3.63, 3.8) is 0 Å². The molecule has 0 saturated carbocycles. The van der Waals surface area contributed by atoms with E-state index in [1.807, 2.05) is 67.6 Å². The van der Waals surface area contributed by atoms with Gasteiger partial charge in [0.15, 0.2) is 10.8 Å². The molecule has 3 heterocycles. The number of β-lactam (4-membered cyclic amide) rings is 1. The molecule has 11 nitrogen and oxygen atoms in total. The van der Waals surface area contributed by atoms with E-state index < -0.39 is 41.6 Å². The topological polar surface area (TPSA) is 145 Å². The molecule has 14 heteroatoms. The van der Waals surface area contributed by atoms with Gasteiger partial charge >= 0.3 is 5.97 Å². The molecule has 0 aliphatic carbocycles. The lowest BCUT2D eigenvalue weighted by atomic mass is 10.00. The van der Waals surface area contributed by atoms with Crippen LogP contribution in [0.5, 0.6) is 0 Å². The van der Waals surface area contributed by atoms with Gasteiger partial charge in [-0.15, -0.1) is 23.1 Å². The van der Waals surface area contributed by atoms with Gasteiger partial charge in [-0.2, -0.15) is 0 Å². The maximum atomic E-state index is 13.7. The van der Waals surface area contributed by atoms with Gasteiger partial charge in [0.1, 0.15) is 28.8 Å². The predicted octanol–water partition coefficient (Wildman–Crippen LogP) is 4.99. The van der Waals surface area contributed by atoms with Crippen molar-refractivity contribution < 1.29 is 28.7 Å². The zero-order valence-corrected chi connectivity index (χ0v) is 28.7. The number of carbonyl (C=O) groups excluding carboxylic acids is 3. The Labute approximate surface area is 286 Å². The van der Waals surface area contributed by atoms with Crippen LogP contribution in [0.15, 0.2) is 82.5 Å². The Morgan fingerprint density at radius 3 is 2.32 bits per heavy atom. The molecule has 3 aromatic rings. The zero-order valence-electron chi connectivity index (χ0n) is 26.3. The number of nitrogens with zero attached hydrogens (tertiary/aromatic N) is 3. The number of oxime groups is 1. The number of thiazole rings is 1. The Kier molecular flexibility index (Phi) is 10.6. The SMILES string of the molecule is CCC1=C(C(=S)OC(c2ccccc2)c2ccccc2)N2C(=O)C(NC(=O)/C(=N\OCC(=O)OC(C)(C)C)c3csc(N)n3)[C@H]2SC1. The molecule has 2 atom stereocenters. The monoisotopic (exact) mass is 693 g/mol. The fourth-order valence-corrected chi connectivity index (χ4v) is 7.36. The molecule has 1 aromatic heterocycles. The Morgan fingerprint density at radius 2 is 1.77 bits per heavy atom. The minimum absolute atomic E-state index is 0.144. The number of nitrogens with two attached hydrogens (primary N) is 1. The van der Waals surface area contributed by atoms with Gasteiger partial charge in [-0.05, 0) is 56.1 Å². The number of hydrogen-bond acceptors (Lipinski definition) is 12. The summed E-state index contributed by atoms with van der Waals surface area (Å²) in [5.74, 6) is -1.12. The third kappa shape index (κ3) is 8.00. The quantitative estimate of drug-likeness (QED) is 0.0927. The summed E-state index contributed by atoms with van der Waals surface area (Å²) in [6.45, 7) is 6.65. The van der Waals surface area contributed by atoms with Crippen molar-refractivity contribution in [1.29, 1.82) is 0 Å². The summed E-state index contributed by atoms with van der Waals surface area (Å²) >= 11 is 8.51. The van der Waals surface area contributed by atoms with E-state index in [0.717, 1.165) is 28.0 Å². The van der Waals surface area contributed by atoms with Crippen molar-refractivity contribution >= 4 is 69.0 Å². The zero-order chi connectivity index (χ0) is 33.7. The van der Waals surface area contributed by atoms with Crippen LogP contribution in [-0.2, 0) is 28.7 Å². The van der Waals surface area contributed by atoms with Crippen LogP contribution in [-0.4, -0.2) is 67.8 Å². The van der Waals surface area contributed by atoms with E-state index in [9.17, 15) is 14.4 Å². The molecule has 0 spiro atoms. The van der Waals surface area contributed by atoms with E-state index in [4.69, 9.17) is 32.3 Å². The molecule has 2 amide bonds. The molecular formula is C33H35N5O6S3. The number of nitrogens with one attached hydrogen (secondary N) is 1. The Balaban J connectivity index is 1.33. The first-order valence-electron chi connectivity index (χ1n) is 14.9. The van der Waals surface area contributed by atoms with Crippen LogP contribution >= 0.6 is 35.3 Å². The third-order valence-electron chi connectivity index (χ3n) is 7.12. The van der Waals surface area contributed by atoms with Crippen LogP contribution in [0.2, 0.25) is 0 Å². The lowest BCUT2D eigenvalue weighted by Crippen LogP contribution is -2.71. The Bertz CT molecular complexity index is 1660. The van der Waals surface area contributed by atoms with Gasteiger partial charge in [0, 0.05) is 11.1 Å². The summed E-state index contributed by atoms with van der Waals surface area (Å²) in [7, 11) is 0. The first-order valence-corrected chi connectivity index (χ1v) is 17.2. The highest BCUT2D eigenvalue weighted by Crippen LogP contribution is 2.42. The van der Waals surface area contributed by atoms with Crippen LogP contribution in [0.3, 0.4) is 0 Å². The van der Waals surface area contributed by atoms with Gasteiger partial charge < -0.3 is 25.4 Å². The minimum Gasteiger partial charge on any atom is -0.469 e. The molecule has 246 valence electrons. The fraction of sp³-hybridized carbons (Fsp3) is 0.333. The molecule has 2 aliphatic heterocycles. The standard InChI is InChI=1S/C33H35N5O6S3/c1-5-19-17-46-30-25(36-28(40)24(22-18-47-32(34)35-22)37-42-16-23(39)44-33(2,3)4)29(41)38(30)26(19)31(45)43-27(20-12-8-6-9-13-20)21-14-10-7-11-15-21/h6-15,18,25,27,30H,5,16-17H2,1-4H3,(H2,34,35)(H,36,40)/b37-24-/t25?,30-/m1/s1. The van der Waals surface area contributed by atoms with E-state index in [1.54, 1.807) is 25.7 Å². The largest absolute Gasteiger partial charge is 0.469 e. The average Bonchev–Trinajstić information content (AvgIpc) is 3.48. The molecule has 3 N–H and O–H groups in total. The molecular weight excluding hydrogens is 659 g/mol. The number of hydrogen-bond donors (Lipinski definition) is 2. The fourth-order valence-electron chi connectivity index (χ4n) is 5.02. The van der Waals surface area contributed by atoms with Gasteiger partial charge in [0.2, 0.25) is 11.7 Å². The number of aromatic nitrogens is 1. The molecule has 47 heavy (non-hydrogen) atoms. The normalized spacial score (nSPS) is 17.9. The van der Waals surface area contributed by atoms with Crippen molar-refractivity contribution in [2.45, 2.75) is 57.2 Å². The van der Waals surface area contributed by atoms with Crippen LogP contribution in [0.25, 0.3) is 0 Å². The predicted molar refractivity (Wildman–Crippen MR) is 186 cm³/mol. The molecule has 0 radical (unpaired) electrons.